The lowest BCUT2D eigenvalue weighted by molar-refractivity contribution is 0.122. The third-order valence-corrected chi connectivity index (χ3v) is 6.33. The average molecular weight is 468 g/mol. The third-order valence-electron chi connectivity index (χ3n) is 6.33. The van der Waals surface area contributed by atoms with Gasteiger partial charge in [0.25, 0.3) is 5.56 Å². The van der Waals surface area contributed by atoms with Gasteiger partial charge < -0.3 is 24.9 Å². The topological polar surface area (TPSA) is 112 Å². The van der Waals surface area contributed by atoms with E-state index in [0.29, 0.717) is 22.9 Å². The summed E-state index contributed by atoms with van der Waals surface area (Å²) in [6.45, 7) is 5.12. The van der Waals surface area contributed by atoms with Gasteiger partial charge >= 0.3 is 0 Å². The van der Waals surface area contributed by atoms with Crippen LogP contribution < -0.4 is 15.8 Å². The first kappa shape index (κ1) is 21.3. The molecule has 9 heteroatoms. The molecule has 1 aliphatic heterocycles. The predicted octanol–water partition coefficient (Wildman–Crippen LogP) is 3.87. The third kappa shape index (κ3) is 4.00. The molecule has 0 saturated carbocycles. The van der Waals surface area contributed by atoms with E-state index in [9.17, 15) is 4.79 Å². The van der Waals surface area contributed by atoms with E-state index in [2.05, 4.69) is 42.3 Å². The van der Waals surface area contributed by atoms with Crippen molar-refractivity contribution >= 4 is 33.3 Å². The average Bonchev–Trinajstić information content (AvgIpc) is 3.32. The second kappa shape index (κ2) is 8.84. The van der Waals surface area contributed by atoms with Crippen LogP contribution in [0.5, 0.6) is 0 Å². The largest absolute Gasteiger partial charge is 0.378 e. The van der Waals surface area contributed by atoms with E-state index < -0.39 is 0 Å². The van der Waals surface area contributed by atoms with Crippen LogP contribution in [0.4, 0.5) is 11.4 Å². The van der Waals surface area contributed by atoms with Crippen LogP contribution in [0.3, 0.4) is 0 Å². The van der Waals surface area contributed by atoms with Crippen molar-refractivity contribution in [3.8, 4) is 11.4 Å². The Morgan fingerprint density at radius 3 is 2.63 bits per heavy atom. The van der Waals surface area contributed by atoms with E-state index in [1.165, 1.54) is 0 Å². The van der Waals surface area contributed by atoms with Crippen molar-refractivity contribution in [3.05, 3.63) is 77.1 Å². The number of hydrogen-bond donors (Lipinski definition) is 3. The molecule has 0 amide bonds. The number of morpholine rings is 1. The summed E-state index contributed by atoms with van der Waals surface area (Å²) in [5, 5.41) is 4.38. The number of nitrogens with zero attached hydrogens (tertiary/aromatic N) is 4. The Morgan fingerprint density at radius 1 is 1.00 bits per heavy atom. The van der Waals surface area contributed by atoms with Crippen molar-refractivity contribution in [2.45, 2.75) is 13.0 Å². The minimum atomic E-state index is -0.225. The van der Waals surface area contributed by atoms with E-state index in [1.807, 2.05) is 37.3 Å². The van der Waals surface area contributed by atoms with Crippen LogP contribution in [0.25, 0.3) is 33.3 Å². The van der Waals surface area contributed by atoms with E-state index >= 15 is 0 Å². The minimum Gasteiger partial charge on any atom is -0.378 e. The van der Waals surface area contributed by atoms with Crippen molar-refractivity contribution in [2.24, 2.45) is 0 Å². The highest BCUT2D eigenvalue weighted by molar-refractivity contribution is 5.99. The Hall–Kier alpha value is -4.24. The van der Waals surface area contributed by atoms with Gasteiger partial charge in [-0.25, -0.2) is 15.0 Å². The molecule has 1 saturated heterocycles. The zero-order valence-electron chi connectivity index (χ0n) is 19.3. The molecular weight excluding hydrogens is 442 g/mol. The van der Waals surface area contributed by atoms with E-state index in [-0.39, 0.29) is 11.6 Å². The quantitative estimate of drug-likeness (QED) is 0.360. The monoisotopic (exact) mass is 467 g/mol. The number of anilines is 2. The molecule has 6 rings (SSSR count). The number of fused-ring (bicyclic) bond motifs is 2. The number of rotatable bonds is 5. The van der Waals surface area contributed by atoms with Gasteiger partial charge in [0.2, 0.25) is 0 Å². The molecule has 3 N–H and O–H groups in total. The molecule has 0 spiro atoms. The fourth-order valence-corrected chi connectivity index (χ4v) is 4.57. The fourth-order valence-electron chi connectivity index (χ4n) is 4.57. The van der Waals surface area contributed by atoms with Gasteiger partial charge in [0, 0.05) is 36.6 Å². The number of nitrogens with one attached hydrogen (secondary N) is 3. The van der Waals surface area contributed by atoms with Gasteiger partial charge in [-0.3, -0.25) is 4.79 Å². The molecule has 1 fully saturated rings. The predicted molar refractivity (Wildman–Crippen MR) is 137 cm³/mol. The van der Waals surface area contributed by atoms with Crippen molar-refractivity contribution in [1.29, 1.82) is 0 Å². The maximum atomic E-state index is 13.4. The molecule has 0 bridgehead atoms. The van der Waals surface area contributed by atoms with Crippen LogP contribution in [-0.4, -0.2) is 51.2 Å². The summed E-state index contributed by atoms with van der Waals surface area (Å²) >= 11 is 0. The number of ether oxygens (including phenoxy) is 1. The smallest absolute Gasteiger partial charge is 0.261 e. The first-order valence-corrected chi connectivity index (χ1v) is 11.7. The number of hydrogen-bond acceptors (Lipinski definition) is 7. The van der Waals surface area contributed by atoms with Gasteiger partial charge in [0.05, 0.1) is 41.5 Å². The molecule has 176 valence electrons. The maximum Gasteiger partial charge on any atom is 0.261 e. The molecule has 1 aliphatic rings. The molecule has 3 aromatic heterocycles. The Bertz CT molecular complexity index is 1560. The first-order valence-electron chi connectivity index (χ1n) is 11.7. The zero-order valence-corrected chi connectivity index (χ0v) is 19.3. The highest BCUT2D eigenvalue weighted by atomic mass is 16.5. The Kier molecular flexibility index (Phi) is 5.38. The molecule has 35 heavy (non-hydrogen) atoms. The number of aromatic nitrogens is 5. The molecule has 0 aliphatic carbocycles. The van der Waals surface area contributed by atoms with E-state index in [0.717, 1.165) is 53.9 Å². The summed E-state index contributed by atoms with van der Waals surface area (Å²) in [7, 11) is 0. The summed E-state index contributed by atoms with van der Waals surface area (Å²) in [5.74, 6) is 1.15. The van der Waals surface area contributed by atoms with Crippen LogP contribution in [0.2, 0.25) is 0 Å². The molecule has 0 radical (unpaired) electrons. The lowest BCUT2D eigenvalue weighted by atomic mass is 10.1. The Morgan fingerprint density at radius 2 is 1.80 bits per heavy atom. The Balaban J connectivity index is 1.47. The summed E-state index contributed by atoms with van der Waals surface area (Å²) in [6, 6.07) is 15.4. The number of pyridine rings is 1. The molecule has 9 nitrogen and oxygen atoms in total. The second-order valence-corrected chi connectivity index (χ2v) is 8.61. The molecule has 4 heterocycles. The van der Waals surface area contributed by atoms with Crippen LogP contribution in [0, 0.1) is 0 Å². The highest BCUT2D eigenvalue weighted by Crippen LogP contribution is 2.33. The van der Waals surface area contributed by atoms with E-state index in [1.54, 1.807) is 18.5 Å². The number of aromatic amines is 2. The van der Waals surface area contributed by atoms with Gasteiger partial charge in [-0.2, -0.15) is 0 Å². The lowest BCUT2D eigenvalue weighted by Crippen LogP contribution is -2.36. The molecular formula is C26H25N7O2. The number of benzene rings is 2. The fraction of sp³-hybridized carbons (Fsp3) is 0.231. The molecule has 5 aromatic rings. The van der Waals surface area contributed by atoms with E-state index in [4.69, 9.17) is 9.72 Å². The van der Waals surface area contributed by atoms with Gasteiger partial charge in [-0.1, -0.05) is 18.2 Å². The number of H-pyrrole nitrogens is 2. The van der Waals surface area contributed by atoms with Crippen molar-refractivity contribution < 1.29 is 4.74 Å². The van der Waals surface area contributed by atoms with Crippen LogP contribution >= 0.6 is 0 Å². The van der Waals surface area contributed by atoms with Crippen LogP contribution in [0.1, 0.15) is 18.8 Å². The van der Waals surface area contributed by atoms with Crippen molar-refractivity contribution in [2.75, 3.05) is 36.5 Å². The van der Waals surface area contributed by atoms with Crippen molar-refractivity contribution in [1.82, 2.24) is 24.9 Å². The second-order valence-electron chi connectivity index (χ2n) is 8.61. The summed E-state index contributed by atoms with van der Waals surface area (Å²) in [4.78, 5) is 35.6. The van der Waals surface area contributed by atoms with Gasteiger partial charge in [0.1, 0.15) is 17.2 Å². The highest BCUT2D eigenvalue weighted by Gasteiger charge is 2.21. The summed E-state index contributed by atoms with van der Waals surface area (Å²) in [5.41, 5.74) is 4.45. The van der Waals surface area contributed by atoms with Gasteiger partial charge in [-0.05, 0) is 37.3 Å². The zero-order chi connectivity index (χ0) is 23.8. The number of para-hydroxylation sites is 1. The lowest BCUT2D eigenvalue weighted by Gasteiger charge is -2.28. The van der Waals surface area contributed by atoms with Gasteiger partial charge in [-0.15, -0.1) is 0 Å². The standard InChI is InChI=1S/C26H25N7O2/c1-16(24-27-9-4-10-28-24)29-23-18-5-2-3-6-19(18)32-26(34)22(23)25-30-20-8-7-17(15-21(20)31-25)33-11-13-35-14-12-33/h2-10,15-16H,11-14H2,1H3,(H,30,31)(H2,29,32,34)/t16-/m1/s1. The Labute approximate surface area is 201 Å². The molecule has 1 atom stereocenters. The van der Waals surface area contributed by atoms with Gasteiger partial charge in [0.15, 0.2) is 0 Å². The first-order chi connectivity index (χ1) is 17.2. The van der Waals surface area contributed by atoms with Crippen molar-refractivity contribution in [3.63, 3.8) is 0 Å². The normalized spacial score (nSPS) is 14.9. The minimum absolute atomic E-state index is 0.222. The SMILES string of the molecule is C[C@@H](Nc1c(-c2nc3ccc(N4CCOCC4)cc3[nH]2)c(=O)[nH]c2ccccc12)c1ncccn1. The maximum absolute atomic E-state index is 13.4. The number of imidazole rings is 1. The van der Waals surface area contributed by atoms with Crippen LogP contribution in [0.15, 0.2) is 65.7 Å². The summed E-state index contributed by atoms with van der Waals surface area (Å²) in [6.07, 6.45) is 3.42. The molecule has 2 aromatic carbocycles. The summed E-state index contributed by atoms with van der Waals surface area (Å²) < 4.78 is 5.48. The molecule has 0 unspecified atom stereocenters. The van der Waals surface area contributed by atoms with Crippen LogP contribution in [-0.2, 0) is 4.74 Å².